The Morgan fingerprint density at radius 1 is 1.14 bits per heavy atom. The summed E-state index contributed by atoms with van der Waals surface area (Å²) in [5.41, 5.74) is 1.55. The molecule has 0 spiro atoms. The van der Waals surface area contributed by atoms with Crippen LogP contribution in [0.3, 0.4) is 0 Å². The van der Waals surface area contributed by atoms with Gasteiger partial charge >= 0.3 is 5.97 Å². The molecular weight excluding hydrogens is 272 g/mol. The van der Waals surface area contributed by atoms with Crippen LogP contribution in [0.2, 0.25) is 0 Å². The Hall–Kier alpha value is -2.70. The molecule has 110 valence electrons. The summed E-state index contributed by atoms with van der Waals surface area (Å²) in [6.45, 7) is 0. The van der Waals surface area contributed by atoms with Gasteiger partial charge in [0.25, 0.3) is 0 Å². The summed E-state index contributed by atoms with van der Waals surface area (Å²) in [6, 6.07) is 7.22. The topological polar surface area (TPSA) is 97.1 Å². The molecule has 2 aromatic rings. The van der Waals surface area contributed by atoms with Crippen LogP contribution < -0.4 is 5.32 Å². The first-order valence-corrected chi connectivity index (χ1v) is 6.62. The summed E-state index contributed by atoms with van der Waals surface area (Å²) in [6.07, 6.45) is 4.53. The number of carboxylic acids is 1. The van der Waals surface area contributed by atoms with Gasteiger partial charge < -0.3 is 10.4 Å². The highest BCUT2D eigenvalue weighted by molar-refractivity contribution is 5.90. The van der Waals surface area contributed by atoms with Crippen LogP contribution in [0.25, 0.3) is 5.69 Å². The second kappa shape index (κ2) is 7.18. The number of benzene rings is 1. The van der Waals surface area contributed by atoms with Gasteiger partial charge in [0.15, 0.2) is 0 Å². The number of nitrogens with zero attached hydrogens (tertiary/aromatic N) is 3. The van der Waals surface area contributed by atoms with Gasteiger partial charge in [0.2, 0.25) is 5.91 Å². The quantitative estimate of drug-likeness (QED) is 0.758. The molecule has 1 aromatic heterocycles. The minimum Gasteiger partial charge on any atom is -0.481 e. The maximum atomic E-state index is 11.7. The van der Waals surface area contributed by atoms with Crippen LogP contribution >= 0.6 is 0 Å². The number of aromatic nitrogens is 3. The lowest BCUT2D eigenvalue weighted by atomic mass is 10.2. The molecule has 1 amide bonds. The molecule has 0 unspecified atom stereocenters. The van der Waals surface area contributed by atoms with Gasteiger partial charge in [-0.2, -0.15) is 5.10 Å². The van der Waals surface area contributed by atoms with E-state index in [-0.39, 0.29) is 12.3 Å². The average molecular weight is 288 g/mol. The van der Waals surface area contributed by atoms with Crippen LogP contribution in [-0.2, 0) is 9.59 Å². The van der Waals surface area contributed by atoms with E-state index in [1.54, 1.807) is 23.1 Å². The van der Waals surface area contributed by atoms with Gasteiger partial charge in [-0.1, -0.05) is 0 Å². The van der Waals surface area contributed by atoms with Crippen molar-refractivity contribution in [3.63, 3.8) is 0 Å². The number of amides is 1. The van der Waals surface area contributed by atoms with Gasteiger partial charge in [-0.15, -0.1) is 0 Å². The summed E-state index contributed by atoms with van der Waals surface area (Å²) >= 11 is 0. The Labute approximate surface area is 121 Å². The molecule has 0 saturated heterocycles. The first-order valence-electron chi connectivity index (χ1n) is 6.62. The minimum absolute atomic E-state index is 0.0971. The molecule has 1 aromatic carbocycles. The molecule has 7 heteroatoms. The molecule has 7 nitrogen and oxygen atoms in total. The maximum absolute atomic E-state index is 11.7. The lowest BCUT2D eigenvalue weighted by Crippen LogP contribution is -2.11. The van der Waals surface area contributed by atoms with Crippen LogP contribution in [-0.4, -0.2) is 31.7 Å². The molecule has 0 aliphatic heterocycles. The van der Waals surface area contributed by atoms with Crippen molar-refractivity contribution in [2.75, 3.05) is 5.32 Å². The number of carbonyl (C=O) groups is 2. The third-order valence-corrected chi connectivity index (χ3v) is 2.88. The monoisotopic (exact) mass is 288 g/mol. The molecule has 2 rings (SSSR count). The summed E-state index contributed by atoms with van der Waals surface area (Å²) in [5, 5.41) is 15.3. The van der Waals surface area contributed by atoms with Crippen molar-refractivity contribution in [2.24, 2.45) is 0 Å². The molecule has 0 aliphatic carbocycles. The van der Waals surface area contributed by atoms with E-state index in [2.05, 4.69) is 15.4 Å². The number of hydrogen-bond donors (Lipinski definition) is 2. The second-order valence-electron chi connectivity index (χ2n) is 4.54. The molecule has 0 aliphatic rings. The van der Waals surface area contributed by atoms with Gasteiger partial charge in [-0.3, -0.25) is 9.59 Å². The number of hydrogen-bond acceptors (Lipinski definition) is 4. The molecule has 0 fully saturated rings. The normalized spacial score (nSPS) is 10.3. The van der Waals surface area contributed by atoms with Crippen molar-refractivity contribution in [3.05, 3.63) is 36.9 Å². The SMILES string of the molecule is O=C(O)CCCCC(=O)Nc1ccc(-n2cncn2)cc1. The summed E-state index contributed by atoms with van der Waals surface area (Å²) in [5.74, 6) is -0.951. The summed E-state index contributed by atoms with van der Waals surface area (Å²) in [4.78, 5) is 25.9. The molecule has 0 bridgehead atoms. The number of nitrogens with one attached hydrogen (secondary N) is 1. The number of carboxylic acid groups (broad SMARTS) is 1. The molecule has 1 heterocycles. The molecule has 0 saturated carbocycles. The van der Waals surface area contributed by atoms with Gasteiger partial charge in [-0.25, -0.2) is 9.67 Å². The number of unbranched alkanes of at least 4 members (excludes halogenated alkanes) is 1. The number of anilines is 1. The first kappa shape index (κ1) is 14.7. The first-order chi connectivity index (χ1) is 10.1. The Morgan fingerprint density at radius 3 is 2.48 bits per heavy atom. The van der Waals surface area contributed by atoms with Gasteiger partial charge in [0.05, 0.1) is 5.69 Å². The highest BCUT2D eigenvalue weighted by atomic mass is 16.4. The zero-order valence-electron chi connectivity index (χ0n) is 11.4. The molecule has 0 atom stereocenters. The highest BCUT2D eigenvalue weighted by Gasteiger charge is 2.04. The third kappa shape index (κ3) is 4.72. The molecule has 2 N–H and O–H groups in total. The van der Waals surface area contributed by atoms with E-state index in [0.717, 1.165) is 5.69 Å². The van der Waals surface area contributed by atoms with E-state index in [4.69, 9.17) is 5.11 Å². The zero-order chi connectivity index (χ0) is 15.1. The predicted molar refractivity (Wildman–Crippen MR) is 76.1 cm³/mol. The van der Waals surface area contributed by atoms with Crippen molar-refractivity contribution in [2.45, 2.75) is 25.7 Å². The fourth-order valence-corrected chi connectivity index (χ4v) is 1.82. The standard InChI is InChI=1S/C14H16N4O3/c19-13(3-1-2-4-14(20)21)17-11-5-7-12(8-6-11)18-10-15-9-16-18/h5-10H,1-4H2,(H,17,19)(H,20,21). The van der Waals surface area contributed by atoms with Crippen molar-refractivity contribution >= 4 is 17.6 Å². The molecule has 21 heavy (non-hydrogen) atoms. The lowest BCUT2D eigenvalue weighted by molar-refractivity contribution is -0.137. The number of carbonyl (C=O) groups excluding carboxylic acids is 1. The summed E-state index contributed by atoms with van der Waals surface area (Å²) < 4.78 is 1.62. The Bertz CT molecular complexity index is 593. The van der Waals surface area contributed by atoms with Crippen molar-refractivity contribution in [1.82, 2.24) is 14.8 Å². The number of rotatable bonds is 7. The Kier molecular flexibility index (Phi) is 5.03. The largest absolute Gasteiger partial charge is 0.481 e. The van der Waals surface area contributed by atoms with E-state index in [1.807, 2.05) is 12.1 Å². The average Bonchev–Trinajstić information content (AvgIpc) is 2.98. The highest BCUT2D eigenvalue weighted by Crippen LogP contribution is 2.13. The van der Waals surface area contributed by atoms with Crippen LogP contribution in [0.4, 0.5) is 5.69 Å². The smallest absolute Gasteiger partial charge is 0.303 e. The molecule has 0 radical (unpaired) electrons. The predicted octanol–water partition coefficient (Wildman–Crippen LogP) is 1.85. The van der Waals surface area contributed by atoms with E-state index < -0.39 is 5.97 Å². The van der Waals surface area contributed by atoms with Gasteiger partial charge in [0.1, 0.15) is 12.7 Å². The lowest BCUT2D eigenvalue weighted by Gasteiger charge is -2.06. The second-order valence-corrected chi connectivity index (χ2v) is 4.54. The van der Waals surface area contributed by atoms with Crippen LogP contribution in [0.1, 0.15) is 25.7 Å². The van der Waals surface area contributed by atoms with E-state index >= 15 is 0 Å². The Morgan fingerprint density at radius 2 is 1.86 bits per heavy atom. The van der Waals surface area contributed by atoms with E-state index in [0.29, 0.717) is 24.9 Å². The van der Waals surface area contributed by atoms with Gasteiger partial charge in [-0.05, 0) is 37.1 Å². The zero-order valence-corrected chi connectivity index (χ0v) is 11.4. The fourth-order valence-electron chi connectivity index (χ4n) is 1.82. The maximum Gasteiger partial charge on any atom is 0.303 e. The van der Waals surface area contributed by atoms with Crippen molar-refractivity contribution in [1.29, 1.82) is 0 Å². The minimum atomic E-state index is -0.834. The van der Waals surface area contributed by atoms with Crippen LogP contribution in [0.5, 0.6) is 0 Å². The van der Waals surface area contributed by atoms with Gasteiger partial charge in [0, 0.05) is 18.5 Å². The fraction of sp³-hybridized carbons (Fsp3) is 0.286. The third-order valence-electron chi connectivity index (χ3n) is 2.88. The summed E-state index contributed by atoms with van der Waals surface area (Å²) in [7, 11) is 0. The van der Waals surface area contributed by atoms with Crippen LogP contribution in [0, 0.1) is 0 Å². The van der Waals surface area contributed by atoms with E-state index in [1.165, 1.54) is 6.33 Å². The van der Waals surface area contributed by atoms with Crippen molar-refractivity contribution < 1.29 is 14.7 Å². The number of aliphatic carboxylic acids is 1. The Balaban J connectivity index is 1.80. The van der Waals surface area contributed by atoms with E-state index in [9.17, 15) is 9.59 Å². The van der Waals surface area contributed by atoms with Crippen LogP contribution in [0.15, 0.2) is 36.9 Å². The van der Waals surface area contributed by atoms with Crippen molar-refractivity contribution in [3.8, 4) is 5.69 Å². The molecular formula is C14H16N4O3.